The Morgan fingerprint density at radius 1 is 1.32 bits per heavy atom. The molecule has 1 amide bonds. The van der Waals surface area contributed by atoms with Crippen LogP contribution in [-0.2, 0) is 6.54 Å². The van der Waals surface area contributed by atoms with Crippen LogP contribution in [0.5, 0.6) is 11.5 Å². The van der Waals surface area contributed by atoms with Crippen LogP contribution in [0.25, 0.3) is 10.2 Å². The van der Waals surface area contributed by atoms with Gasteiger partial charge in [-0.2, -0.15) is 0 Å². The molecule has 0 aliphatic rings. The molecule has 0 aliphatic heterocycles. The van der Waals surface area contributed by atoms with E-state index in [-0.39, 0.29) is 11.7 Å². The van der Waals surface area contributed by atoms with Crippen LogP contribution in [-0.4, -0.2) is 23.1 Å². The van der Waals surface area contributed by atoms with Crippen molar-refractivity contribution in [3.05, 3.63) is 53.0 Å². The highest BCUT2D eigenvalue weighted by Crippen LogP contribution is 2.25. The Morgan fingerprint density at radius 2 is 2.18 bits per heavy atom. The molecule has 1 heterocycles. The molecular weight excluding hydrogens is 300 g/mol. The van der Waals surface area contributed by atoms with Crippen molar-refractivity contribution in [3.63, 3.8) is 0 Å². The first-order chi connectivity index (χ1) is 10.7. The molecule has 0 atom stereocenters. The fraction of sp³-hybridized carbons (Fsp3) is 0.125. The molecule has 5 nitrogen and oxygen atoms in total. The Bertz CT molecular complexity index is 829. The minimum Gasteiger partial charge on any atom is -0.508 e. The maximum absolute atomic E-state index is 12.2. The molecule has 0 aliphatic carbocycles. The van der Waals surface area contributed by atoms with Crippen LogP contribution in [0.2, 0.25) is 0 Å². The standard InChI is InChI=1S/C16H14N2O3S/c1-21-12-4-2-3-10(7-12)9-17-15(20)16-18-13-6-5-11(19)8-14(13)22-16/h2-8,19H,9H2,1H3,(H,17,20). The second kappa shape index (κ2) is 6.03. The van der Waals surface area contributed by atoms with Gasteiger partial charge in [0.1, 0.15) is 11.5 Å². The molecule has 0 saturated heterocycles. The van der Waals surface area contributed by atoms with Gasteiger partial charge in [-0.3, -0.25) is 4.79 Å². The number of carbonyl (C=O) groups is 1. The van der Waals surface area contributed by atoms with Gasteiger partial charge in [-0.1, -0.05) is 12.1 Å². The van der Waals surface area contributed by atoms with E-state index in [1.54, 1.807) is 25.3 Å². The van der Waals surface area contributed by atoms with Crippen LogP contribution in [0.1, 0.15) is 15.4 Å². The summed E-state index contributed by atoms with van der Waals surface area (Å²) >= 11 is 1.25. The molecule has 0 bridgehead atoms. The number of methoxy groups -OCH3 is 1. The molecule has 6 heteroatoms. The number of hydrogen-bond acceptors (Lipinski definition) is 5. The van der Waals surface area contributed by atoms with E-state index >= 15 is 0 Å². The van der Waals surface area contributed by atoms with Crippen molar-refractivity contribution in [2.75, 3.05) is 7.11 Å². The molecule has 3 rings (SSSR count). The number of amides is 1. The normalized spacial score (nSPS) is 10.6. The average Bonchev–Trinajstić information content (AvgIpc) is 2.96. The number of phenols is 1. The zero-order valence-corrected chi connectivity index (χ0v) is 12.7. The maximum atomic E-state index is 12.2. The minimum absolute atomic E-state index is 0.166. The first-order valence-electron chi connectivity index (χ1n) is 6.66. The fourth-order valence-corrected chi connectivity index (χ4v) is 2.97. The topological polar surface area (TPSA) is 71.5 Å². The van der Waals surface area contributed by atoms with Gasteiger partial charge >= 0.3 is 0 Å². The van der Waals surface area contributed by atoms with Gasteiger partial charge in [0.15, 0.2) is 5.01 Å². The number of ether oxygens (including phenoxy) is 1. The van der Waals surface area contributed by atoms with Crippen molar-refractivity contribution < 1.29 is 14.6 Å². The smallest absolute Gasteiger partial charge is 0.280 e. The highest BCUT2D eigenvalue weighted by molar-refractivity contribution is 7.20. The predicted octanol–water partition coefficient (Wildman–Crippen LogP) is 2.94. The average molecular weight is 314 g/mol. The fourth-order valence-electron chi connectivity index (χ4n) is 2.05. The molecule has 2 aromatic carbocycles. The summed E-state index contributed by atoms with van der Waals surface area (Å²) in [5, 5.41) is 12.7. The van der Waals surface area contributed by atoms with Crippen molar-refractivity contribution in [2.24, 2.45) is 0 Å². The molecule has 3 aromatic rings. The van der Waals surface area contributed by atoms with Crippen molar-refractivity contribution in [1.82, 2.24) is 10.3 Å². The first-order valence-corrected chi connectivity index (χ1v) is 7.48. The van der Waals surface area contributed by atoms with E-state index in [1.807, 2.05) is 24.3 Å². The number of aromatic hydroxyl groups is 1. The van der Waals surface area contributed by atoms with Crippen molar-refractivity contribution in [3.8, 4) is 11.5 Å². The van der Waals surface area contributed by atoms with E-state index in [4.69, 9.17) is 4.74 Å². The summed E-state index contributed by atoms with van der Waals surface area (Å²) < 4.78 is 5.93. The largest absolute Gasteiger partial charge is 0.508 e. The summed E-state index contributed by atoms with van der Waals surface area (Å²) in [4.78, 5) is 16.4. The Labute approximate surface area is 131 Å². The van der Waals surface area contributed by atoms with Crippen LogP contribution in [0.4, 0.5) is 0 Å². The van der Waals surface area contributed by atoms with Crippen LogP contribution in [0.3, 0.4) is 0 Å². The number of fused-ring (bicyclic) bond motifs is 1. The SMILES string of the molecule is COc1cccc(CNC(=O)c2nc3ccc(O)cc3s2)c1. The lowest BCUT2D eigenvalue weighted by Crippen LogP contribution is -2.22. The third-order valence-electron chi connectivity index (χ3n) is 3.15. The van der Waals surface area contributed by atoms with Gasteiger partial charge in [-0.05, 0) is 35.9 Å². The van der Waals surface area contributed by atoms with E-state index in [0.29, 0.717) is 17.1 Å². The number of nitrogens with zero attached hydrogens (tertiary/aromatic N) is 1. The van der Waals surface area contributed by atoms with Crippen LogP contribution >= 0.6 is 11.3 Å². The van der Waals surface area contributed by atoms with Crippen molar-refractivity contribution in [2.45, 2.75) is 6.54 Å². The van der Waals surface area contributed by atoms with Crippen molar-refractivity contribution >= 4 is 27.5 Å². The van der Waals surface area contributed by atoms with Gasteiger partial charge in [0.25, 0.3) is 5.91 Å². The third kappa shape index (κ3) is 3.01. The Morgan fingerprint density at radius 3 is 3.00 bits per heavy atom. The molecule has 2 N–H and O–H groups in total. The van der Waals surface area contributed by atoms with E-state index in [0.717, 1.165) is 16.0 Å². The number of hydrogen-bond donors (Lipinski definition) is 2. The van der Waals surface area contributed by atoms with Gasteiger partial charge in [0, 0.05) is 6.54 Å². The number of rotatable bonds is 4. The quantitative estimate of drug-likeness (QED) is 0.776. The number of phenolic OH excluding ortho intramolecular Hbond substituents is 1. The number of aromatic nitrogens is 1. The Hall–Kier alpha value is -2.60. The monoisotopic (exact) mass is 314 g/mol. The molecule has 22 heavy (non-hydrogen) atoms. The highest BCUT2D eigenvalue weighted by Gasteiger charge is 2.12. The third-order valence-corrected chi connectivity index (χ3v) is 4.17. The van der Waals surface area contributed by atoms with E-state index in [1.165, 1.54) is 11.3 Å². The molecule has 0 saturated carbocycles. The molecule has 0 unspecified atom stereocenters. The van der Waals surface area contributed by atoms with Gasteiger partial charge in [0.05, 0.1) is 17.3 Å². The van der Waals surface area contributed by atoms with Gasteiger partial charge in [-0.25, -0.2) is 4.98 Å². The summed E-state index contributed by atoms with van der Waals surface area (Å²) in [5.41, 5.74) is 1.65. The number of carbonyl (C=O) groups excluding carboxylic acids is 1. The summed E-state index contributed by atoms with van der Waals surface area (Å²) in [6.07, 6.45) is 0. The van der Waals surface area contributed by atoms with E-state index in [9.17, 15) is 9.90 Å². The number of thiazole rings is 1. The Balaban J connectivity index is 1.72. The number of benzene rings is 2. The predicted molar refractivity (Wildman–Crippen MR) is 85.4 cm³/mol. The van der Waals surface area contributed by atoms with Crippen LogP contribution in [0, 0.1) is 0 Å². The van der Waals surface area contributed by atoms with Gasteiger partial charge in [0.2, 0.25) is 0 Å². The second-order valence-corrected chi connectivity index (χ2v) is 5.74. The molecule has 112 valence electrons. The molecule has 0 spiro atoms. The molecule has 0 radical (unpaired) electrons. The van der Waals surface area contributed by atoms with Gasteiger partial charge in [-0.15, -0.1) is 11.3 Å². The summed E-state index contributed by atoms with van der Waals surface area (Å²) in [7, 11) is 1.61. The maximum Gasteiger partial charge on any atom is 0.280 e. The lowest BCUT2D eigenvalue weighted by molar-refractivity contribution is 0.0950. The zero-order valence-electron chi connectivity index (χ0n) is 11.9. The van der Waals surface area contributed by atoms with Crippen LogP contribution in [0.15, 0.2) is 42.5 Å². The number of nitrogens with one attached hydrogen (secondary N) is 1. The van der Waals surface area contributed by atoms with E-state index in [2.05, 4.69) is 10.3 Å². The molecular formula is C16H14N2O3S. The first kappa shape index (κ1) is 14.3. The minimum atomic E-state index is -0.233. The van der Waals surface area contributed by atoms with Gasteiger partial charge < -0.3 is 15.2 Å². The van der Waals surface area contributed by atoms with Crippen LogP contribution < -0.4 is 10.1 Å². The highest BCUT2D eigenvalue weighted by atomic mass is 32.1. The summed E-state index contributed by atoms with van der Waals surface area (Å²) in [6.45, 7) is 0.400. The summed E-state index contributed by atoms with van der Waals surface area (Å²) in [6, 6.07) is 12.4. The van der Waals surface area contributed by atoms with E-state index < -0.39 is 0 Å². The lowest BCUT2D eigenvalue weighted by Gasteiger charge is -2.05. The molecule has 1 aromatic heterocycles. The zero-order chi connectivity index (χ0) is 15.5. The van der Waals surface area contributed by atoms with Crippen molar-refractivity contribution in [1.29, 1.82) is 0 Å². The Kier molecular flexibility index (Phi) is 3.93. The lowest BCUT2D eigenvalue weighted by atomic mass is 10.2. The molecule has 0 fully saturated rings. The second-order valence-electron chi connectivity index (χ2n) is 4.71. The summed E-state index contributed by atoms with van der Waals surface area (Å²) in [5.74, 6) is 0.685.